The van der Waals surface area contributed by atoms with Crippen molar-refractivity contribution in [3.8, 4) is 11.5 Å². The molecule has 0 bridgehead atoms. The Bertz CT molecular complexity index is 781. The highest BCUT2D eigenvalue weighted by atomic mass is 16.5. The zero-order valence-electron chi connectivity index (χ0n) is 22.6. The molecule has 0 aliphatic heterocycles. The number of benzene rings is 2. The summed E-state index contributed by atoms with van der Waals surface area (Å²) in [6, 6.07) is 15.0. The lowest BCUT2D eigenvalue weighted by Gasteiger charge is -2.07. The molecule has 0 fully saturated rings. The standard InChI is InChI=1S/C32H46O4/c1-3-5-7-13-25-35-29-21-17-27(18-22-29)31(33)15-11-9-10-12-16-32(34)28-19-23-30(24-20-28)36-26-14-8-6-4-2/h17-24H,3-16,25-26H2,1-2H3. The van der Waals surface area contributed by atoms with Gasteiger partial charge in [0.25, 0.3) is 0 Å². The molecule has 4 heteroatoms. The van der Waals surface area contributed by atoms with Crippen molar-refractivity contribution in [2.75, 3.05) is 13.2 Å². The van der Waals surface area contributed by atoms with Crippen molar-refractivity contribution in [1.29, 1.82) is 0 Å². The van der Waals surface area contributed by atoms with E-state index in [4.69, 9.17) is 9.47 Å². The number of unbranched alkanes of at least 4 members (excludes halogenated alkanes) is 9. The van der Waals surface area contributed by atoms with Crippen LogP contribution in [0.1, 0.15) is 124 Å². The third-order valence-electron chi connectivity index (χ3n) is 6.44. The van der Waals surface area contributed by atoms with Gasteiger partial charge in [-0.15, -0.1) is 0 Å². The van der Waals surface area contributed by atoms with E-state index < -0.39 is 0 Å². The first-order valence-corrected chi connectivity index (χ1v) is 14.2. The van der Waals surface area contributed by atoms with Crippen LogP contribution in [0.4, 0.5) is 0 Å². The topological polar surface area (TPSA) is 52.6 Å². The molecular formula is C32H46O4. The van der Waals surface area contributed by atoms with Crippen LogP contribution in [0.3, 0.4) is 0 Å². The zero-order chi connectivity index (χ0) is 25.8. The fraction of sp³-hybridized carbons (Fsp3) is 0.562. The molecule has 0 saturated carbocycles. The van der Waals surface area contributed by atoms with Crippen molar-refractivity contribution >= 4 is 11.6 Å². The Hall–Kier alpha value is -2.62. The molecule has 0 aromatic heterocycles. The van der Waals surface area contributed by atoms with E-state index in [-0.39, 0.29) is 11.6 Å². The normalized spacial score (nSPS) is 10.8. The van der Waals surface area contributed by atoms with E-state index in [0.29, 0.717) is 12.8 Å². The Morgan fingerprint density at radius 2 is 0.861 bits per heavy atom. The van der Waals surface area contributed by atoms with Crippen LogP contribution in [0.25, 0.3) is 0 Å². The van der Waals surface area contributed by atoms with Crippen molar-refractivity contribution in [3.05, 3.63) is 59.7 Å². The lowest BCUT2D eigenvalue weighted by atomic mass is 10.0. The van der Waals surface area contributed by atoms with Gasteiger partial charge in [0.1, 0.15) is 11.5 Å². The third-order valence-corrected chi connectivity index (χ3v) is 6.44. The van der Waals surface area contributed by atoms with E-state index in [1.807, 2.05) is 48.5 Å². The van der Waals surface area contributed by atoms with Crippen molar-refractivity contribution in [1.82, 2.24) is 0 Å². The molecule has 2 aromatic carbocycles. The maximum absolute atomic E-state index is 12.4. The average Bonchev–Trinajstić information content (AvgIpc) is 2.91. The van der Waals surface area contributed by atoms with Crippen LogP contribution in [0.5, 0.6) is 11.5 Å². The molecule has 0 unspecified atom stereocenters. The van der Waals surface area contributed by atoms with Crippen LogP contribution < -0.4 is 9.47 Å². The number of rotatable bonds is 21. The van der Waals surface area contributed by atoms with E-state index in [9.17, 15) is 9.59 Å². The van der Waals surface area contributed by atoms with Gasteiger partial charge in [0, 0.05) is 24.0 Å². The molecule has 36 heavy (non-hydrogen) atoms. The summed E-state index contributed by atoms with van der Waals surface area (Å²) in [5.41, 5.74) is 1.49. The van der Waals surface area contributed by atoms with Gasteiger partial charge in [0.05, 0.1) is 13.2 Å². The molecule has 0 spiro atoms. The minimum Gasteiger partial charge on any atom is -0.494 e. The van der Waals surface area contributed by atoms with Crippen molar-refractivity contribution < 1.29 is 19.1 Å². The monoisotopic (exact) mass is 494 g/mol. The second kappa shape index (κ2) is 18.6. The largest absolute Gasteiger partial charge is 0.494 e. The van der Waals surface area contributed by atoms with Gasteiger partial charge >= 0.3 is 0 Å². The Morgan fingerprint density at radius 3 is 1.22 bits per heavy atom. The Morgan fingerprint density at radius 1 is 0.500 bits per heavy atom. The predicted octanol–water partition coefficient (Wildman–Crippen LogP) is 9.01. The Labute approximate surface area is 218 Å². The smallest absolute Gasteiger partial charge is 0.162 e. The van der Waals surface area contributed by atoms with E-state index >= 15 is 0 Å². The van der Waals surface area contributed by atoms with Gasteiger partial charge in [-0.2, -0.15) is 0 Å². The van der Waals surface area contributed by atoms with E-state index in [1.54, 1.807) is 0 Å². The number of ether oxygens (including phenoxy) is 2. The summed E-state index contributed by atoms with van der Waals surface area (Å²) < 4.78 is 11.5. The Kier molecular flexibility index (Phi) is 15.3. The molecule has 0 radical (unpaired) electrons. The molecule has 0 aliphatic rings. The highest BCUT2D eigenvalue weighted by molar-refractivity contribution is 5.96. The molecule has 0 atom stereocenters. The van der Waals surface area contributed by atoms with Crippen LogP contribution in [0.2, 0.25) is 0 Å². The quantitative estimate of drug-likeness (QED) is 0.128. The van der Waals surface area contributed by atoms with Gasteiger partial charge in [-0.1, -0.05) is 65.2 Å². The maximum atomic E-state index is 12.4. The second-order valence-corrected chi connectivity index (χ2v) is 9.63. The van der Waals surface area contributed by atoms with Crippen molar-refractivity contribution in [3.63, 3.8) is 0 Å². The van der Waals surface area contributed by atoms with Gasteiger partial charge < -0.3 is 9.47 Å². The second-order valence-electron chi connectivity index (χ2n) is 9.63. The van der Waals surface area contributed by atoms with Gasteiger partial charge in [-0.3, -0.25) is 9.59 Å². The zero-order valence-corrected chi connectivity index (χ0v) is 22.6. The van der Waals surface area contributed by atoms with Crippen LogP contribution in [0.15, 0.2) is 48.5 Å². The van der Waals surface area contributed by atoms with Crippen LogP contribution in [-0.4, -0.2) is 24.8 Å². The Balaban J connectivity index is 1.55. The lowest BCUT2D eigenvalue weighted by Crippen LogP contribution is -2.01. The minimum atomic E-state index is 0.174. The molecule has 2 rings (SSSR count). The molecule has 0 saturated heterocycles. The first kappa shape index (κ1) is 29.6. The third kappa shape index (κ3) is 12.4. The summed E-state index contributed by atoms with van der Waals surface area (Å²) >= 11 is 0. The van der Waals surface area contributed by atoms with E-state index in [1.165, 1.54) is 38.5 Å². The van der Waals surface area contributed by atoms with E-state index in [2.05, 4.69) is 13.8 Å². The highest BCUT2D eigenvalue weighted by Crippen LogP contribution is 2.18. The fourth-order valence-corrected chi connectivity index (χ4v) is 4.13. The summed E-state index contributed by atoms with van der Waals surface area (Å²) in [6.07, 6.45) is 14.2. The summed E-state index contributed by atoms with van der Waals surface area (Å²) in [6.45, 7) is 5.86. The van der Waals surface area contributed by atoms with Gasteiger partial charge in [-0.25, -0.2) is 0 Å². The lowest BCUT2D eigenvalue weighted by molar-refractivity contribution is 0.0966. The summed E-state index contributed by atoms with van der Waals surface area (Å²) in [7, 11) is 0. The molecular weight excluding hydrogens is 448 g/mol. The van der Waals surface area contributed by atoms with Crippen molar-refractivity contribution in [2.45, 2.75) is 104 Å². The first-order valence-electron chi connectivity index (χ1n) is 14.2. The SMILES string of the molecule is CCCCCCOc1ccc(C(=O)CCCCCCC(=O)c2ccc(OCCCCCC)cc2)cc1. The number of carbonyl (C=O) groups is 2. The number of carbonyl (C=O) groups excluding carboxylic acids is 2. The van der Waals surface area contributed by atoms with Crippen LogP contribution in [-0.2, 0) is 0 Å². The number of ketones is 2. The summed E-state index contributed by atoms with van der Waals surface area (Å²) in [5, 5.41) is 0. The summed E-state index contributed by atoms with van der Waals surface area (Å²) in [5.74, 6) is 2.01. The van der Waals surface area contributed by atoms with Gasteiger partial charge in [-0.05, 0) is 74.2 Å². The van der Waals surface area contributed by atoms with Gasteiger partial charge in [0.15, 0.2) is 11.6 Å². The number of hydrogen-bond donors (Lipinski definition) is 0. The van der Waals surface area contributed by atoms with Gasteiger partial charge in [0.2, 0.25) is 0 Å². The molecule has 0 heterocycles. The number of hydrogen-bond acceptors (Lipinski definition) is 4. The number of Topliss-reactive ketones (excluding diaryl/α,β-unsaturated/α-hetero) is 2. The maximum Gasteiger partial charge on any atom is 0.162 e. The first-order chi connectivity index (χ1) is 17.6. The molecule has 2 aromatic rings. The highest BCUT2D eigenvalue weighted by Gasteiger charge is 2.08. The predicted molar refractivity (Wildman–Crippen MR) is 149 cm³/mol. The minimum absolute atomic E-state index is 0.174. The molecule has 198 valence electrons. The van der Waals surface area contributed by atoms with E-state index in [0.717, 1.165) is 74.4 Å². The van der Waals surface area contributed by atoms with Crippen molar-refractivity contribution in [2.24, 2.45) is 0 Å². The average molecular weight is 495 g/mol. The fourth-order valence-electron chi connectivity index (χ4n) is 4.13. The van der Waals surface area contributed by atoms with Crippen LogP contribution in [0, 0.1) is 0 Å². The van der Waals surface area contributed by atoms with Crippen LogP contribution >= 0.6 is 0 Å². The molecule has 0 amide bonds. The summed E-state index contributed by atoms with van der Waals surface area (Å²) in [4.78, 5) is 24.9. The molecule has 4 nitrogen and oxygen atoms in total. The molecule has 0 N–H and O–H groups in total. The molecule has 0 aliphatic carbocycles.